The Morgan fingerprint density at radius 3 is 2.93 bits per heavy atom. The van der Waals surface area contributed by atoms with Crippen LogP contribution in [0.15, 0.2) is 24.3 Å². The highest BCUT2D eigenvalue weighted by molar-refractivity contribution is 5.77. The minimum Gasteiger partial charge on any atom is -0.497 e. The number of benzene rings is 1. The molecule has 1 spiro atoms. The van der Waals surface area contributed by atoms with Crippen molar-refractivity contribution in [3.63, 3.8) is 0 Å². The number of morpholine rings is 1. The lowest BCUT2D eigenvalue weighted by Gasteiger charge is -2.44. The normalized spacial score (nSPS) is 27.6. The number of carbonyl (C=O) groups is 1. The summed E-state index contributed by atoms with van der Waals surface area (Å²) in [6, 6.07) is 8.30. The maximum absolute atomic E-state index is 12.2. The van der Waals surface area contributed by atoms with E-state index in [9.17, 15) is 4.79 Å². The fourth-order valence-electron chi connectivity index (χ4n) is 5.14. The van der Waals surface area contributed by atoms with Crippen LogP contribution in [0.2, 0.25) is 0 Å². The predicted octanol–water partition coefficient (Wildman–Crippen LogP) is 2.71. The molecular weight excluding hydrogens is 368 g/mol. The van der Waals surface area contributed by atoms with Gasteiger partial charge in [0.25, 0.3) is 0 Å². The lowest BCUT2D eigenvalue weighted by Crippen LogP contribution is -2.54. The van der Waals surface area contributed by atoms with Crippen molar-refractivity contribution in [2.45, 2.75) is 44.2 Å². The zero-order valence-corrected chi connectivity index (χ0v) is 17.6. The summed E-state index contributed by atoms with van der Waals surface area (Å²) in [5, 5.41) is 0. The van der Waals surface area contributed by atoms with Crippen LogP contribution in [0.4, 0.5) is 0 Å². The summed E-state index contributed by atoms with van der Waals surface area (Å²) < 4.78 is 17.6. The number of likely N-dealkylation sites (tertiary alicyclic amines) is 1. The van der Waals surface area contributed by atoms with Gasteiger partial charge in [-0.25, -0.2) is 0 Å². The highest BCUT2D eigenvalue weighted by Crippen LogP contribution is 2.41. The van der Waals surface area contributed by atoms with Crippen molar-refractivity contribution in [2.24, 2.45) is 5.92 Å². The van der Waals surface area contributed by atoms with Gasteiger partial charge >= 0.3 is 0 Å². The van der Waals surface area contributed by atoms with Crippen LogP contribution >= 0.6 is 0 Å². The van der Waals surface area contributed by atoms with Crippen molar-refractivity contribution < 1.29 is 19.0 Å². The monoisotopic (exact) mass is 402 g/mol. The molecule has 3 fully saturated rings. The third-order valence-electron chi connectivity index (χ3n) is 6.73. The second kappa shape index (κ2) is 9.45. The molecule has 1 amide bonds. The largest absolute Gasteiger partial charge is 0.497 e. The van der Waals surface area contributed by atoms with Crippen LogP contribution in [0.1, 0.15) is 37.7 Å². The Labute approximate surface area is 174 Å². The van der Waals surface area contributed by atoms with Crippen LogP contribution < -0.4 is 4.74 Å². The summed E-state index contributed by atoms with van der Waals surface area (Å²) in [4.78, 5) is 16.7. The Hall–Kier alpha value is -1.63. The molecule has 2 saturated heterocycles. The Morgan fingerprint density at radius 1 is 1.24 bits per heavy atom. The molecule has 1 aliphatic carbocycles. The molecule has 160 valence electrons. The summed E-state index contributed by atoms with van der Waals surface area (Å²) in [5.41, 5.74) is 1.14. The van der Waals surface area contributed by atoms with E-state index in [1.807, 2.05) is 17.0 Å². The molecule has 2 heterocycles. The molecule has 1 aromatic rings. The molecule has 2 atom stereocenters. The van der Waals surface area contributed by atoms with Gasteiger partial charge in [0.05, 0.1) is 25.9 Å². The summed E-state index contributed by atoms with van der Waals surface area (Å²) in [5.74, 6) is 1.40. The lowest BCUT2D eigenvalue weighted by atomic mass is 9.89. The quantitative estimate of drug-likeness (QED) is 0.702. The highest BCUT2D eigenvalue weighted by atomic mass is 16.5. The topological polar surface area (TPSA) is 51.2 Å². The molecule has 4 rings (SSSR count). The van der Waals surface area contributed by atoms with Gasteiger partial charge in [-0.15, -0.1) is 0 Å². The Bertz CT molecular complexity index is 691. The van der Waals surface area contributed by atoms with Crippen molar-refractivity contribution in [3.05, 3.63) is 29.8 Å². The summed E-state index contributed by atoms with van der Waals surface area (Å²) >= 11 is 0. The van der Waals surface area contributed by atoms with Gasteiger partial charge < -0.3 is 19.1 Å². The molecule has 1 saturated carbocycles. The Balaban J connectivity index is 1.31. The van der Waals surface area contributed by atoms with E-state index in [1.165, 1.54) is 12.0 Å². The van der Waals surface area contributed by atoms with Crippen LogP contribution in [0, 0.1) is 5.92 Å². The molecular formula is C23H34N2O4. The second-order valence-electron chi connectivity index (χ2n) is 8.67. The van der Waals surface area contributed by atoms with Crippen molar-refractivity contribution in [1.82, 2.24) is 9.80 Å². The van der Waals surface area contributed by atoms with Crippen molar-refractivity contribution in [3.8, 4) is 5.75 Å². The maximum atomic E-state index is 12.2. The third-order valence-corrected chi connectivity index (χ3v) is 6.73. The zero-order chi connectivity index (χ0) is 20.1. The van der Waals surface area contributed by atoms with Crippen LogP contribution in [0.5, 0.6) is 5.75 Å². The van der Waals surface area contributed by atoms with Gasteiger partial charge in [0.2, 0.25) is 5.91 Å². The number of amides is 1. The van der Waals surface area contributed by atoms with Gasteiger partial charge in [0.15, 0.2) is 0 Å². The summed E-state index contributed by atoms with van der Waals surface area (Å²) in [6.45, 7) is 6.14. The van der Waals surface area contributed by atoms with Gasteiger partial charge in [-0.2, -0.15) is 0 Å². The molecule has 0 N–H and O–H groups in total. The average molecular weight is 403 g/mol. The predicted molar refractivity (Wildman–Crippen MR) is 111 cm³/mol. The molecule has 6 nitrogen and oxygen atoms in total. The van der Waals surface area contributed by atoms with E-state index in [1.54, 1.807) is 7.11 Å². The second-order valence-corrected chi connectivity index (χ2v) is 8.67. The van der Waals surface area contributed by atoms with Crippen LogP contribution in [0.3, 0.4) is 0 Å². The SMILES string of the molecule is COc1cccc(CN2CCO[C@]3(CCC[C@H]3COCC(=O)N3CCCC3)C2)c1. The van der Waals surface area contributed by atoms with E-state index in [0.717, 1.165) is 70.8 Å². The molecule has 1 aromatic carbocycles. The van der Waals surface area contributed by atoms with E-state index >= 15 is 0 Å². The highest BCUT2D eigenvalue weighted by Gasteiger charge is 2.47. The van der Waals surface area contributed by atoms with Gasteiger partial charge in [0.1, 0.15) is 12.4 Å². The van der Waals surface area contributed by atoms with Gasteiger partial charge in [0, 0.05) is 38.6 Å². The standard InChI is InChI=1S/C23H34N2O4/c1-27-21-8-4-6-19(14-21)15-24-12-13-29-23(18-24)9-5-7-20(23)16-28-17-22(26)25-10-2-3-11-25/h4,6,8,14,20H,2-3,5,7,9-13,15-18H2,1H3/t20-,23+/m0/s1. The van der Waals surface area contributed by atoms with Crippen molar-refractivity contribution in [2.75, 3.05) is 53.1 Å². The maximum Gasteiger partial charge on any atom is 0.248 e. The number of rotatable bonds is 7. The number of hydrogen-bond acceptors (Lipinski definition) is 5. The number of ether oxygens (including phenoxy) is 3. The van der Waals surface area contributed by atoms with Crippen LogP contribution in [-0.4, -0.2) is 74.4 Å². The fraction of sp³-hybridized carbons (Fsp3) is 0.696. The first-order valence-corrected chi connectivity index (χ1v) is 11.0. The van der Waals surface area contributed by atoms with Gasteiger partial charge in [-0.05, 0) is 43.4 Å². The molecule has 0 bridgehead atoms. The summed E-state index contributed by atoms with van der Waals surface area (Å²) in [6.07, 6.45) is 5.60. The number of carbonyl (C=O) groups excluding carboxylic acids is 1. The number of hydrogen-bond donors (Lipinski definition) is 0. The zero-order valence-electron chi connectivity index (χ0n) is 17.6. The third kappa shape index (κ3) is 4.93. The molecule has 2 aliphatic heterocycles. The number of methoxy groups -OCH3 is 1. The first kappa shape index (κ1) is 20.6. The summed E-state index contributed by atoms with van der Waals surface area (Å²) in [7, 11) is 1.71. The first-order chi connectivity index (χ1) is 14.2. The average Bonchev–Trinajstić information content (AvgIpc) is 3.39. The van der Waals surface area contributed by atoms with Gasteiger partial charge in [-0.3, -0.25) is 9.69 Å². The molecule has 6 heteroatoms. The molecule has 0 unspecified atom stereocenters. The Morgan fingerprint density at radius 2 is 2.10 bits per heavy atom. The Kier molecular flexibility index (Phi) is 6.73. The van der Waals surface area contributed by atoms with Crippen LogP contribution in [-0.2, 0) is 20.8 Å². The minimum absolute atomic E-state index is 0.131. The molecule has 0 radical (unpaired) electrons. The molecule has 29 heavy (non-hydrogen) atoms. The van der Waals surface area contributed by atoms with E-state index in [-0.39, 0.29) is 18.1 Å². The van der Waals surface area contributed by atoms with E-state index in [0.29, 0.717) is 12.5 Å². The van der Waals surface area contributed by atoms with Crippen molar-refractivity contribution in [1.29, 1.82) is 0 Å². The van der Waals surface area contributed by atoms with E-state index < -0.39 is 0 Å². The van der Waals surface area contributed by atoms with Crippen molar-refractivity contribution >= 4 is 5.91 Å². The smallest absolute Gasteiger partial charge is 0.248 e. The molecule has 0 aromatic heterocycles. The van der Waals surface area contributed by atoms with Gasteiger partial charge in [-0.1, -0.05) is 18.6 Å². The van der Waals surface area contributed by atoms with E-state index in [4.69, 9.17) is 14.2 Å². The number of nitrogens with zero attached hydrogens (tertiary/aromatic N) is 2. The minimum atomic E-state index is -0.131. The van der Waals surface area contributed by atoms with Crippen LogP contribution in [0.25, 0.3) is 0 Å². The lowest BCUT2D eigenvalue weighted by molar-refractivity contribution is -0.149. The fourth-order valence-corrected chi connectivity index (χ4v) is 5.14. The molecule has 3 aliphatic rings. The van der Waals surface area contributed by atoms with E-state index in [2.05, 4.69) is 17.0 Å². The first-order valence-electron chi connectivity index (χ1n) is 11.0.